The summed E-state index contributed by atoms with van der Waals surface area (Å²) in [4.78, 5) is 32.0. The second-order valence-electron chi connectivity index (χ2n) is 8.21. The monoisotopic (exact) mass is 477 g/mol. The van der Waals surface area contributed by atoms with Gasteiger partial charge in [-0.05, 0) is 30.7 Å². The van der Waals surface area contributed by atoms with Crippen molar-refractivity contribution < 1.29 is 14.3 Å². The molecule has 0 spiro atoms. The van der Waals surface area contributed by atoms with Crippen molar-refractivity contribution in [3.8, 4) is 10.4 Å². The van der Waals surface area contributed by atoms with Gasteiger partial charge in [-0.2, -0.15) is 0 Å². The minimum Gasteiger partial charge on any atom is -0.462 e. The summed E-state index contributed by atoms with van der Waals surface area (Å²) in [6.45, 7) is 8.71. The Morgan fingerprint density at radius 3 is 2.24 bits per heavy atom. The van der Waals surface area contributed by atoms with Crippen LogP contribution in [0.15, 0.2) is 66.7 Å². The SMILES string of the molecule is CCOC(=O)c1cc(-c2ccccc2)sc1NC(=O)[C@@H](c1ccccc1)N1CCN(CC)CC1. The first-order valence-corrected chi connectivity index (χ1v) is 12.6. The summed E-state index contributed by atoms with van der Waals surface area (Å²) in [5, 5.41) is 3.61. The van der Waals surface area contributed by atoms with Crippen molar-refractivity contribution in [2.45, 2.75) is 19.9 Å². The highest BCUT2D eigenvalue weighted by Gasteiger charge is 2.31. The summed E-state index contributed by atoms with van der Waals surface area (Å²) in [6.07, 6.45) is 0. The van der Waals surface area contributed by atoms with Crippen LogP contribution in [0.25, 0.3) is 10.4 Å². The number of anilines is 1. The number of esters is 1. The third-order valence-electron chi connectivity index (χ3n) is 6.11. The molecule has 0 radical (unpaired) electrons. The second-order valence-corrected chi connectivity index (χ2v) is 9.26. The van der Waals surface area contributed by atoms with E-state index in [2.05, 4.69) is 22.0 Å². The number of amides is 1. The van der Waals surface area contributed by atoms with Gasteiger partial charge < -0.3 is 15.0 Å². The van der Waals surface area contributed by atoms with E-state index < -0.39 is 12.0 Å². The van der Waals surface area contributed by atoms with Gasteiger partial charge in [0.05, 0.1) is 12.2 Å². The van der Waals surface area contributed by atoms with E-state index in [4.69, 9.17) is 4.74 Å². The number of likely N-dealkylation sites (N-methyl/N-ethyl adjacent to an activating group) is 1. The van der Waals surface area contributed by atoms with Gasteiger partial charge in [0, 0.05) is 31.1 Å². The van der Waals surface area contributed by atoms with E-state index in [0.29, 0.717) is 10.6 Å². The van der Waals surface area contributed by atoms with Crippen molar-refractivity contribution in [3.63, 3.8) is 0 Å². The molecule has 1 fully saturated rings. The van der Waals surface area contributed by atoms with Gasteiger partial charge in [0.25, 0.3) is 0 Å². The number of carbonyl (C=O) groups excluding carboxylic acids is 2. The number of hydrogen-bond acceptors (Lipinski definition) is 6. The molecule has 178 valence electrons. The number of piperazine rings is 1. The van der Waals surface area contributed by atoms with E-state index in [-0.39, 0.29) is 12.5 Å². The molecule has 1 saturated heterocycles. The van der Waals surface area contributed by atoms with Crippen molar-refractivity contribution in [1.29, 1.82) is 0 Å². The summed E-state index contributed by atoms with van der Waals surface area (Å²) >= 11 is 1.40. The topological polar surface area (TPSA) is 61.9 Å². The Morgan fingerprint density at radius 1 is 0.971 bits per heavy atom. The van der Waals surface area contributed by atoms with Gasteiger partial charge in [-0.3, -0.25) is 9.69 Å². The van der Waals surface area contributed by atoms with E-state index in [1.54, 1.807) is 6.92 Å². The Morgan fingerprint density at radius 2 is 1.62 bits per heavy atom. The van der Waals surface area contributed by atoms with Gasteiger partial charge in [0.1, 0.15) is 11.0 Å². The molecule has 3 aromatic rings. The van der Waals surface area contributed by atoms with Crippen molar-refractivity contribution in [2.75, 3.05) is 44.6 Å². The molecule has 2 aromatic carbocycles. The number of ether oxygens (including phenoxy) is 1. The molecule has 0 aliphatic carbocycles. The van der Waals surface area contributed by atoms with Crippen LogP contribution in [0.4, 0.5) is 5.00 Å². The van der Waals surface area contributed by atoms with E-state index >= 15 is 0 Å². The number of nitrogens with zero attached hydrogens (tertiary/aromatic N) is 2. The summed E-state index contributed by atoms with van der Waals surface area (Å²) in [5.74, 6) is -0.563. The van der Waals surface area contributed by atoms with Crippen LogP contribution in [0.2, 0.25) is 0 Å². The molecule has 1 aromatic heterocycles. The highest BCUT2D eigenvalue weighted by Crippen LogP contribution is 2.37. The van der Waals surface area contributed by atoms with Gasteiger partial charge in [-0.15, -0.1) is 11.3 Å². The fourth-order valence-corrected chi connectivity index (χ4v) is 5.32. The average molecular weight is 478 g/mol. The number of nitrogens with one attached hydrogen (secondary N) is 1. The number of hydrogen-bond donors (Lipinski definition) is 1. The van der Waals surface area contributed by atoms with Gasteiger partial charge in [0.15, 0.2) is 0 Å². The quantitative estimate of drug-likeness (QED) is 0.467. The van der Waals surface area contributed by atoms with Crippen LogP contribution >= 0.6 is 11.3 Å². The molecule has 4 rings (SSSR count). The van der Waals surface area contributed by atoms with Crippen LogP contribution in [0.5, 0.6) is 0 Å². The third-order valence-corrected chi connectivity index (χ3v) is 7.20. The molecule has 1 amide bonds. The first-order chi connectivity index (χ1) is 16.6. The van der Waals surface area contributed by atoms with Crippen LogP contribution in [-0.4, -0.2) is 61.0 Å². The van der Waals surface area contributed by atoms with Crippen LogP contribution < -0.4 is 5.32 Å². The van der Waals surface area contributed by atoms with E-state index in [1.807, 2.05) is 66.7 Å². The molecular weight excluding hydrogens is 446 g/mol. The summed E-state index contributed by atoms with van der Waals surface area (Å²) in [7, 11) is 0. The molecule has 7 heteroatoms. The molecule has 1 N–H and O–H groups in total. The van der Waals surface area contributed by atoms with Crippen LogP contribution in [0, 0.1) is 0 Å². The normalized spacial score (nSPS) is 15.6. The number of thiophene rings is 1. The van der Waals surface area contributed by atoms with Crippen LogP contribution in [0.3, 0.4) is 0 Å². The van der Waals surface area contributed by atoms with Gasteiger partial charge >= 0.3 is 5.97 Å². The average Bonchev–Trinajstić information content (AvgIpc) is 3.30. The molecule has 1 aliphatic rings. The fraction of sp³-hybridized carbons (Fsp3) is 0.333. The van der Waals surface area contributed by atoms with Crippen molar-refractivity contribution in [1.82, 2.24) is 9.80 Å². The Hall–Kier alpha value is -3.00. The van der Waals surface area contributed by atoms with E-state index in [9.17, 15) is 9.59 Å². The summed E-state index contributed by atoms with van der Waals surface area (Å²) in [5.41, 5.74) is 2.33. The smallest absolute Gasteiger partial charge is 0.341 e. The molecule has 1 aliphatic heterocycles. The standard InChI is InChI=1S/C27H31N3O3S/c1-3-29-15-17-30(18-16-29)24(21-13-9-6-10-14-21)25(31)28-26-22(27(32)33-4-2)19-23(34-26)20-11-7-5-8-12-20/h5-14,19,24H,3-4,15-18H2,1-2H3,(H,28,31)/t24-/m1/s1. The maximum Gasteiger partial charge on any atom is 0.341 e. The Kier molecular flexibility index (Phi) is 8.11. The lowest BCUT2D eigenvalue weighted by atomic mass is 10.0. The van der Waals surface area contributed by atoms with Gasteiger partial charge in [-0.1, -0.05) is 67.6 Å². The minimum absolute atomic E-state index is 0.136. The molecule has 0 saturated carbocycles. The zero-order chi connectivity index (χ0) is 23.9. The Labute approximate surface area is 205 Å². The predicted octanol–water partition coefficient (Wildman–Crippen LogP) is 4.91. The summed E-state index contributed by atoms with van der Waals surface area (Å²) < 4.78 is 5.29. The van der Waals surface area contributed by atoms with Crippen LogP contribution in [0.1, 0.15) is 35.8 Å². The predicted molar refractivity (Wildman–Crippen MR) is 137 cm³/mol. The van der Waals surface area contributed by atoms with E-state index in [0.717, 1.165) is 48.7 Å². The maximum atomic E-state index is 13.7. The molecular formula is C27H31N3O3S. The molecule has 1 atom stereocenters. The number of rotatable bonds is 8. The highest BCUT2D eigenvalue weighted by molar-refractivity contribution is 7.20. The van der Waals surface area contributed by atoms with Crippen LogP contribution in [-0.2, 0) is 9.53 Å². The summed E-state index contributed by atoms with van der Waals surface area (Å²) in [6, 6.07) is 21.1. The molecule has 34 heavy (non-hydrogen) atoms. The first-order valence-electron chi connectivity index (χ1n) is 11.8. The second kappa shape index (κ2) is 11.4. The number of benzene rings is 2. The minimum atomic E-state index is -0.433. The Bertz CT molecular complexity index is 1090. The molecule has 0 bridgehead atoms. The zero-order valence-electron chi connectivity index (χ0n) is 19.7. The van der Waals surface area contributed by atoms with Crippen molar-refractivity contribution in [2.24, 2.45) is 0 Å². The lowest BCUT2D eigenvalue weighted by Gasteiger charge is -2.38. The van der Waals surface area contributed by atoms with Gasteiger partial charge in [0.2, 0.25) is 5.91 Å². The zero-order valence-corrected chi connectivity index (χ0v) is 20.5. The molecule has 2 heterocycles. The highest BCUT2D eigenvalue weighted by atomic mass is 32.1. The van der Waals surface area contributed by atoms with Crippen molar-refractivity contribution in [3.05, 3.63) is 77.9 Å². The largest absolute Gasteiger partial charge is 0.462 e. The third kappa shape index (κ3) is 5.55. The molecule has 0 unspecified atom stereocenters. The first kappa shape index (κ1) is 24.1. The van der Waals surface area contributed by atoms with Crippen molar-refractivity contribution >= 4 is 28.2 Å². The Balaban J connectivity index is 1.64. The maximum absolute atomic E-state index is 13.7. The molecule has 6 nitrogen and oxygen atoms in total. The lowest BCUT2D eigenvalue weighted by Crippen LogP contribution is -2.49. The van der Waals surface area contributed by atoms with E-state index in [1.165, 1.54) is 11.3 Å². The fourth-order valence-electron chi connectivity index (χ4n) is 4.27. The number of carbonyl (C=O) groups is 2. The van der Waals surface area contributed by atoms with Gasteiger partial charge in [-0.25, -0.2) is 4.79 Å². The lowest BCUT2D eigenvalue weighted by molar-refractivity contribution is -0.122.